The van der Waals surface area contributed by atoms with Crippen molar-refractivity contribution in [3.8, 4) is 0 Å². The van der Waals surface area contributed by atoms with Gasteiger partial charge in [-0.15, -0.1) is 0 Å². The number of nitrogen functional groups attached to an aromatic ring is 1. The summed E-state index contributed by atoms with van der Waals surface area (Å²) in [5, 5.41) is 3.27. The first-order chi connectivity index (χ1) is 25.1. The number of likely N-dealkylation sites (tertiary alicyclic amines) is 2. The molecule has 53 heavy (non-hydrogen) atoms. The van der Waals surface area contributed by atoms with Gasteiger partial charge in [-0.2, -0.15) is 26.3 Å². The van der Waals surface area contributed by atoms with Gasteiger partial charge in [0.15, 0.2) is 0 Å². The molecule has 10 nitrogen and oxygen atoms in total. The summed E-state index contributed by atoms with van der Waals surface area (Å²) in [7, 11) is 2.06. The highest BCUT2D eigenvalue weighted by molar-refractivity contribution is 5.87. The number of benzene rings is 2. The number of nitrogens with one attached hydrogen (secondary N) is 1. The minimum Gasteiger partial charge on any atom is -0.398 e. The molecule has 3 saturated heterocycles. The van der Waals surface area contributed by atoms with Crippen LogP contribution in [0.15, 0.2) is 36.4 Å². The Hall–Kier alpha value is -4.05. The Morgan fingerprint density at radius 1 is 0.887 bits per heavy atom. The molecule has 1 unspecified atom stereocenters. The van der Waals surface area contributed by atoms with Crippen LogP contribution in [0.4, 0.5) is 37.7 Å². The Morgan fingerprint density at radius 3 is 2.17 bits per heavy atom. The number of likely N-dealkylation sites (N-methyl/N-ethyl adjacent to an activating group) is 1. The topological polar surface area (TPSA) is 105 Å². The van der Waals surface area contributed by atoms with Crippen molar-refractivity contribution in [3.05, 3.63) is 58.7 Å². The Balaban J connectivity index is 1.25. The molecule has 3 fully saturated rings. The van der Waals surface area contributed by atoms with E-state index in [0.717, 1.165) is 43.9 Å². The van der Waals surface area contributed by atoms with Crippen LogP contribution in [-0.2, 0) is 39.6 Å². The van der Waals surface area contributed by atoms with Gasteiger partial charge in [-0.3, -0.25) is 19.3 Å². The van der Waals surface area contributed by atoms with E-state index in [-0.39, 0.29) is 31.6 Å². The Morgan fingerprint density at radius 2 is 1.53 bits per heavy atom. The minimum atomic E-state index is -5.19. The number of fused-ring (bicyclic) bond motifs is 1. The number of carbonyl (C=O) groups excluding carboxylic acids is 3. The van der Waals surface area contributed by atoms with E-state index in [1.165, 1.54) is 0 Å². The number of piperazine rings is 1. The zero-order valence-electron chi connectivity index (χ0n) is 29.8. The Kier molecular flexibility index (Phi) is 11.5. The number of carbonyl (C=O) groups is 3. The molecule has 0 spiro atoms. The first kappa shape index (κ1) is 38.7. The van der Waals surface area contributed by atoms with Gasteiger partial charge in [0.2, 0.25) is 17.7 Å². The van der Waals surface area contributed by atoms with E-state index in [2.05, 4.69) is 22.2 Å². The van der Waals surface area contributed by atoms with Crippen molar-refractivity contribution in [3.63, 3.8) is 0 Å². The molecule has 290 valence electrons. The van der Waals surface area contributed by atoms with Gasteiger partial charge in [-0.05, 0) is 74.9 Å². The van der Waals surface area contributed by atoms with Crippen LogP contribution in [0, 0.1) is 5.92 Å². The van der Waals surface area contributed by atoms with Crippen LogP contribution in [0.3, 0.4) is 0 Å². The van der Waals surface area contributed by atoms with Gasteiger partial charge in [0.05, 0.1) is 35.8 Å². The van der Waals surface area contributed by atoms with Crippen molar-refractivity contribution in [2.45, 2.75) is 75.9 Å². The Labute approximate surface area is 305 Å². The number of nitrogens with zero attached hydrogens (tertiary/aromatic N) is 5. The molecule has 2 aromatic rings. The fourth-order valence-electron chi connectivity index (χ4n) is 8.23. The highest BCUT2D eigenvalue weighted by Gasteiger charge is 2.42. The maximum Gasteiger partial charge on any atom is 0.418 e. The zero-order chi connectivity index (χ0) is 38.1. The molecule has 0 aromatic heterocycles. The normalized spacial score (nSPS) is 21.9. The molecule has 2 atom stereocenters. The smallest absolute Gasteiger partial charge is 0.398 e. The van der Waals surface area contributed by atoms with Gasteiger partial charge in [0.1, 0.15) is 6.17 Å². The van der Waals surface area contributed by atoms with Crippen LogP contribution in [0.1, 0.15) is 60.8 Å². The number of hydrogen-bond acceptors (Lipinski definition) is 7. The van der Waals surface area contributed by atoms with Gasteiger partial charge in [0.25, 0.3) is 0 Å². The number of para-hydroxylation sites is 1. The molecule has 3 amide bonds. The third-order valence-electron chi connectivity index (χ3n) is 11.2. The van der Waals surface area contributed by atoms with E-state index >= 15 is 0 Å². The molecule has 16 heteroatoms. The number of halogens is 6. The third kappa shape index (κ3) is 8.85. The lowest BCUT2D eigenvalue weighted by Crippen LogP contribution is -2.57. The first-order valence-electron chi connectivity index (χ1n) is 18.3. The van der Waals surface area contributed by atoms with E-state index in [1.807, 2.05) is 24.3 Å². The minimum absolute atomic E-state index is 0.118. The number of anilines is 2. The van der Waals surface area contributed by atoms with Crippen LogP contribution in [0.25, 0.3) is 0 Å². The number of rotatable bonds is 7. The third-order valence-corrected chi connectivity index (χ3v) is 11.2. The largest absolute Gasteiger partial charge is 0.418 e. The molecule has 4 aliphatic rings. The number of nitrogens with two attached hydrogens (primary N) is 1. The summed E-state index contributed by atoms with van der Waals surface area (Å²) >= 11 is 0. The summed E-state index contributed by atoms with van der Waals surface area (Å²) in [4.78, 5) is 51.4. The van der Waals surface area contributed by atoms with Crippen LogP contribution in [-0.4, -0.2) is 114 Å². The van der Waals surface area contributed by atoms with Crippen LogP contribution < -0.4 is 11.1 Å². The van der Waals surface area contributed by atoms with E-state index in [4.69, 9.17) is 5.73 Å². The van der Waals surface area contributed by atoms with Gasteiger partial charge in [0, 0.05) is 64.0 Å². The van der Waals surface area contributed by atoms with Gasteiger partial charge >= 0.3 is 12.4 Å². The van der Waals surface area contributed by atoms with E-state index in [9.17, 15) is 40.7 Å². The lowest BCUT2D eigenvalue weighted by Gasteiger charge is -2.43. The quantitative estimate of drug-likeness (QED) is 0.307. The second kappa shape index (κ2) is 15.7. The summed E-state index contributed by atoms with van der Waals surface area (Å²) in [6.45, 7) is 4.77. The highest BCUT2D eigenvalue weighted by atomic mass is 19.4. The standard InChI is InChI=1S/C37H47F6N7O3/c1-46-14-16-47(17-15-46)27-9-12-48(13-10-27)35(53)26(18-24-19-28(36(38,39)40)34(44)29(20-24)37(41,42)43)22-32(51)49-11-5-4-8-31(49)50-23-45-30-7-3-2-6-25(30)21-33(50)52/h2-3,6-7,19-20,26-27,31,45H,4-5,8-18,21-23,44H2,1H3/t26-,31?/m0/s1. The molecule has 6 rings (SSSR count). The molecule has 0 radical (unpaired) electrons. The van der Waals surface area contributed by atoms with Crippen molar-refractivity contribution in [2.75, 3.05) is 70.6 Å². The van der Waals surface area contributed by atoms with Crippen molar-refractivity contribution in [1.29, 1.82) is 0 Å². The fourth-order valence-corrected chi connectivity index (χ4v) is 8.23. The van der Waals surface area contributed by atoms with E-state index in [0.29, 0.717) is 50.9 Å². The predicted octanol–water partition coefficient (Wildman–Crippen LogP) is 4.89. The maximum atomic E-state index is 14.3. The van der Waals surface area contributed by atoms with E-state index in [1.54, 1.807) is 14.7 Å². The summed E-state index contributed by atoms with van der Waals surface area (Å²) in [5.41, 5.74) is 1.92. The summed E-state index contributed by atoms with van der Waals surface area (Å²) in [5.74, 6) is -2.43. The molecular formula is C37H47F6N7O3. The lowest BCUT2D eigenvalue weighted by atomic mass is 9.90. The van der Waals surface area contributed by atoms with Crippen LogP contribution >= 0.6 is 0 Å². The monoisotopic (exact) mass is 751 g/mol. The van der Waals surface area contributed by atoms with Gasteiger partial charge in [-0.1, -0.05) is 18.2 Å². The van der Waals surface area contributed by atoms with Crippen molar-refractivity contribution in [1.82, 2.24) is 24.5 Å². The fraction of sp³-hybridized carbons (Fsp3) is 0.595. The number of hydrogen-bond donors (Lipinski definition) is 2. The van der Waals surface area contributed by atoms with Crippen molar-refractivity contribution >= 4 is 29.1 Å². The predicted molar refractivity (Wildman–Crippen MR) is 186 cm³/mol. The average Bonchev–Trinajstić information content (AvgIpc) is 3.29. The molecule has 4 heterocycles. The molecule has 3 N–H and O–H groups in total. The van der Waals surface area contributed by atoms with E-state index < -0.39 is 71.5 Å². The molecular weight excluding hydrogens is 704 g/mol. The van der Waals surface area contributed by atoms with Crippen molar-refractivity contribution in [2.24, 2.45) is 5.92 Å². The van der Waals surface area contributed by atoms with Crippen molar-refractivity contribution < 1.29 is 40.7 Å². The highest BCUT2D eigenvalue weighted by Crippen LogP contribution is 2.42. The summed E-state index contributed by atoms with van der Waals surface area (Å²) in [6, 6.07) is 8.76. The molecule has 0 aliphatic carbocycles. The van der Waals surface area contributed by atoms with Crippen LogP contribution in [0.2, 0.25) is 0 Å². The number of piperidine rings is 2. The summed E-state index contributed by atoms with van der Waals surface area (Å²) < 4.78 is 83.9. The molecule has 2 aromatic carbocycles. The van der Waals surface area contributed by atoms with Gasteiger partial charge < -0.3 is 30.7 Å². The zero-order valence-corrected chi connectivity index (χ0v) is 29.8. The van der Waals surface area contributed by atoms with Gasteiger partial charge in [-0.25, -0.2) is 0 Å². The SMILES string of the molecule is CN1CCN(C2CCN(C(=O)[C@H](CC(=O)N3CCCCC3N3CNc4ccccc4CC3=O)Cc3cc(C(F)(F)F)c(N)c(C(F)(F)F)c3)CC2)CC1. The summed E-state index contributed by atoms with van der Waals surface area (Å²) in [6.07, 6.45) is -8.69. The Bertz CT molecular complexity index is 1620. The second-order valence-corrected chi connectivity index (χ2v) is 14.7. The molecule has 0 saturated carbocycles. The number of amides is 3. The average molecular weight is 752 g/mol. The second-order valence-electron chi connectivity index (χ2n) is 14.7. The maximum absolute atomic E-state index is 14.3. The molecule has 0 bridgehead atoms. The van der Waals surface area contributed by atoms with Crippen LogP contribution in [0.5, 0.6) is 0 Å². The number of alkyl halides is 6. The first-order valence-corrected chi connectivity index (χ1v) is 18.3. The lowest BCUT2D eigenvalue weighted by molar-refractivity contribution is -0.151. The molecule has 4 aliphatic heterocycles.